The van der Waals surface area contributed by atoms with Gasteiger partial charge >= 0.3 is 0 Å². The largest absolute Gasteiger partial charge is 0.395 e. The lowest BCUT2D eigenvalue weighted by molar-refractivity contribution is 0.0963. The van der Waals surface area contributed by atoms with Gasteiger partial charge in [-0.05, 0) is 18.2 Å². The molecule has 12 heteroatoms. The minimum Gasteiger partial charge on any atom is -0.395 e. The van der Waals surface area contributed by atoms with Crippen LogP contribution in [0.2, 0.25) is 0 Å². The number of aliphatic hydroxyl groups excluding tert-OH is 1. The van der Waals surface area contributed by atoms with E-state index in [1.807, 2.05) is 12.1 Å². The fourth-order valence-corrected chi connectivity index (χ4v) is 5.79. The maximum atomic E-state index is 12.1. The summed E-state index contributed by atoms with van der Waals surface area (Å²) >= 11 is 1.58. The summed E-state index contributed by atoms with van der Waals surface area (Å²) < 4.78 is 25.9. The summed E-state index contributed by atoms with van der Waals surface area (Å²) in [7, 11) is -1.58. The molecule has 0 bridgehead atoms. The highest BCUT2D eigenvalue weighted by Crippen LogP contribution is 2.33. The molecule has 182 valence electrons. The van der Waals surface area contributed by atoms with Crippen LogP contribution in [0.1, 0.15) is 15.2 Å². The van der Waals surface area contributed by atoms with Gasteiger partial charge in [0.1, 0.15) is 5.82 Å². The number of piperazine rings is 1. The van der Waals surface area contributed by atoms with Gasteiger partial charge in [-0.1, -0.05) is 12.1 Å². The Morgan fingerprint density at radius 3 is 2.62 bits per heavy atom. The van der Waals surface area contributed by atoms with Crippen LogP contribution in [0.4, 0.5) is 5.82 Å². The number of amides is 1. The zero-order valence-corrected chi connectivity index (χ0v) is 20.7. The average molecular weight is 505 g/mol. The molecule has 3 N–H and O–H groups in total. The Balaban J connectivity index is 1.62. The van der Waals surface area contributed by atoms with Crippen LogP contribution >= 0.6 is 11.3 Å². The second-order valence-electron chi connectivity index (χ2n) is 8.07. The molecular formula is C22H28N6O4S2. The maximum Gasteiger partial charge on any atom is 0.251 e. The number of hydrogen-bond acceptors (Lipinski definition) is 9. The lowest BCUT2D eigenvalue weighted by atomic mass is 10.1. The number of benzene rings is 1. The number of fused-ring (bicyclic) bond motifs is 1. The van der Waals surface area contributed by atoms with Gasteiger partial charge in [0.05, 0.1) is 23.1 Å². The molecule has 4 rings (SSSR count). The predicted octanol–water partition coefficient (Wildman–Crippen LogP) is 1.20. The van der Waals surface area contributed by atoms with Gasteiger partial charge in [0, 0.05) is 62.3 Å². The fourth-order valence-electron chi connectivity index (χ4n) is 3.86. The number of nitrogens with one attached hydrogen (secondary N) is 2. The van der Waals surface area contributed by atoms with E-state index in [-0.39, 0.29) is 12.5 Å². The second kappa shape index (κ2) is 10.3. The first-order chi connectivity index (χ1) is 16.3. The Morgan fingerprint density at radius 2 is 1.94 bits per heavy atom. The van der Waals surface area contributed by atoms with Gasteiger partial charge in [-0.2, -0.15) is 4.31 Å². The smallest absolute Gasteiger partial charge is 0.251 e. The number of anilines is 1. The van der Waals surface area contributed by atoms with E-state index in [1.54, 1.807) is 36.6 Å². The van der Waals surface area contributed by atoms with Crippen molar-refractivity contribution in [3.63, 3.8) is 0 Å². The van der Waals surface area contributed by atoms with Crippen molar-refractivity contribution in [2.75, 3.05) is 58.0 Å². The van der Waals surface area contributed by atoms with E-state index >= 15 is 0 Å². The zero-order chi connectivity index (χ0) is 24.3. The fraction of sp³-hybridized carbons (Fsp3) is 0.409. The molecule has 10 nitrogen and oxygen atoms in total. The first-order valence-corrected chi connectivity index (χ1v) is 13.6. The van der Waals surface area contributed by atoms with E-state index in [4.69, 9.17) is 9.97 Å². The van der Waals surface area contributed by atoms with Gasteiger partial charge < -0.3 is 15.7 Å². The van der Waals surface area contributed by atoms with E-state index < -0.39 is 10.0 Å². The molecule has 0 radical (unpaired) electrons. The molecular weight excluding hydrogens is 476 g/mol. The highest BCUT2D eigenvalue weighted by atomic mass is 32.2. The van der Waals surface area contributed by atoms with Crippen LogP contribution in [0.15, 0.2) is 30.3 Å². The SMILES string of the molecule is CNC(=O)c1cccc(-c2nc(NCCO)c3sc(CN4CCN(S(C)(=O)=O)CC4)cc3n2)c1. The van der Waals surface area contributed by atoms with E-state index in [0.717, 1.165) is 20.7 Å². The lowest BCUT2D eigenvalue weighted by Gasteiger charge is -2.32. The number of carbonyl (C=O) groups is 1. The maximum absolute atomic E-state index is 12.1. The first kappa shape index (κ1) is 24.5. The molecule has 0 atom stereocenters. The summed E-state index contributed by atoms with van der Waals surface area (Å²) in [6, 6.07) is 9.17. The molecule has 1 amide bonds. The molecule has 1 aromatic carbocycles. The monoisotopic (exact) mass is 504 g/mol. The van der Waals surface area contributed by atoms with E-state index in [9.17, 15) is 18.3 Å². The normalized spacial score (nSPS) is 15.5. The van der Waals surface area contributed by atoms with Crippen molar-refractivity contribution in [2.24, 2.45) is 0 Å². The van der Waals surface area contributed by atoms with Crippen molar-refractivity contribution in [1.29, 1.82) is 0 Å². The summed E-state index contributed by atoms with van der Waals surface area (Å²) in [6.45, 7) is 3.32. The van der Waals surface area contributed by atoms with Gasteiger partial charge in [0.15, 0.2) is 5.82 Å². The van der Waals surface area contributed by atoms with Crippen molar-refractivity contribution < 1.29 is 18.3 Å². The zero-order valence-electron chi connectivity index (χ0n) is 19.1. The Kier molecular flexibility index (Phi) is 7.43. The number of rotatable bonds is 8. The molecule has 0 saturated carbocycles. The molecule has 1 aliphatic heterocycles. The van der Waals surface area contributed by atoms with Crippen LogP contribution in [0.25, 0.3) is 21.6 Å². The summed E-state index contributed by atoms with van der Waals surface area (Å²) in [4.78, 5) is 24.8. The van der Waals surface area contributed by atoms with Crippen LogP contribution < -0.4 is 10.6 Å². The van der Waals surface area contributed by atoms with Gasteiger partial charge in [0.25, 0.3) is 5.91 Å². The summed E-state index contributed by atoms with van der Waals surface area (Å²) in [6.07, 6.45) is 1.25. The third kappa shape index (κ3) is 5.53. The summed E-state index contributed by atoms with van der Waals surface area (Å²) in [5, 5.41) is 15.1. The van der Waals surface area contributed by atoms with Crippen LogP contribution in [0.5, 0.6) is 0 Å². The standard InChI is InChI=1S/C22H28N6O4S2/c1-23-22(30)16-5-3-4-15(12-16)20-25-18-13-17(33-19(18)21(26-20)24-6-11-29)14-27-7-9-28(10-8-27)34(2,31)32/h3-5,12-13,29H,6-11,14H2,1-2H3,(H,23,30)(H,24,25,26). The minimum atomic E-state index is -3.16. The molecule has 0 spiro atoms. The van der Waals surface area contributed by atoms with Crippen LogP contribution in [-0.4, -0.2) is 91.2 Å². The van der Waals surface area contributed by atoms with Gasteiger partial charge in [-0.3, -0.25) is 9.69 Å². The van der Waals surface area contributed by atoms with Crippen LogP contribution in [-0.2, 0) is 16.6 Å². The molecule has 0 unspecified atom stereocenters. The van der Waals surface area contributed by atoms with Crippen molar-refractivity contribution >= 4 is 43.3 Å². The van der Waals surface area contributed by atoms with Crippen molar-refractivity contribution in [1.82, 2.24) is 24.5 Å². The molecule has 1 saturated heterocycles. The molecule has 2 aromatic heterocycles. The second-order valence-corrected chi connectivity index (χ2v) is 11.2. The molecule has 0 aliphatic carbocycles. The third-order valence-corrected chi connectivity index (χ3v) is 8.04. The lowest BCUT2D eigenvalue weighted by Crippen LogP contribution is -2.47. The van der Waals surface area contributed by atoms with E-state index in [2.05, 4.69) is 15.5 Å². The molecule has 3 aromatic rings. The van der Waals surface area contributed by atoms with Crippen molar-refractivity contribution in [2.45, 2.75) is 6.54 Å². The van der Waals surface area contributed by atoms with Gasteiger partial charge in [0.2, 0.25) is 10.0 Å². The summed E-state index contributed by atoms with van der Waals surface area (Å²) in [5.41, 5.74) is 2.03. The average Bonchev–Trinajstić information content (AvgIpc) is 3.24. The number of sulfonamides is 1. The molecule has 3 heterocycles. The number of carbonyl (C=O) groups excluding carboxylic acids is 1. The Bertz CT molecular complexity index is 1290. The third-order valence-electron chi connectivity index (χ3n) is 5.62. The summed E-state index contributed by atoms with van der Waals surface area (Å²) in [5.74, 6) is 0.942. The quantitative estimate of drug-likeness (QED) is 0.418. The molecule has 34 heavy (non-hydrogen) atoms. The number of hydrogen-bond donors (Lipinski definition) is 3. The number of nitrogens with zero attached hydrogens (tertiary/aromatic N) is 4. The highest BCUT2D eigenvalue weighted by molar-refractivity contribution is 7.88. The number of aliphatic hydroxyl groups is 1. The highest BCUT2D eigenvalue weighted by Gasteiger charge is 2.24. The van der Waals surface area contributed by atoms with E-state index in [1.165, 1.54) is 10.6 Å². The van der Waals surface area contributed by atoms with Gasteiger partial charge in [-0.15, -0.1) is 11.3 Å². The Morgan fingerprint density at radius 1 is 1.18 bits per heavy atom. The minimum absolute atomic E-state index is 0.0319. The molecule has 1 aliphatic rings. The number of aromatic nitrogens is 2. The van der Waals surface area contributed by atoms with E-state index in [0.29, 0.717) is 56.5 Å². The Hall–Kier alpha value is -2.64. The van der Waals surface area contributed by atoms with Crippen LogP contribution in [0, 0.1) is 0 Å². The molecule has 1 fully saturated rings. The topological polar surface area (TPSA) is 128 Å². The van der Waals surface area contributed by atoms with Crippen molar-refractivity contribution in [3.05, 3.63) is 40.8 Å². The Labute approximate surface area is 202 Å². The predicted molar refractivity (Wildman–Crippen MR) is 134 cm³/mol. The van der Waals surface area contributed by atoms with Crippen LogP contribution in [0.3, 0.4) is 0 Å². The van der Waals surface area contributed by atoms with Crippen molar-refractivity contribution in [3.8, 4) is 11.4 Å². The first-order valence-electron chi connectivity index (χ1n) is 10.9. The number of thiophene rings is 1. The van der Waals surface area contributed by atoms with Gasteiger partial charge in [-0.25, -0.2) is 18.4 Å².